The molecule has 2 amide bonds. The van der Waals surface area contributed by atoms with Gasteiger partial charge >= 0.3 is 0 Å². The summed E-state index contributed by atoms with van der Waals surface area (Å²) in [5.74, 6) is 2.03. The Morgan fingerprint density at radius 2 is 1.92 bits per heavy atom. The van der Waals surface area contributed by atoms with Gasteiger partial charge in [0.15, 0.2) is 5.82 Å². The average molecular weight is 489 g/mol. The summed E-state index contributed by atoms with van der Waals surface area (Å²) in [7, 11) is 1.65. The van der Waals surface area contributed by atoms with Crippen molar-refractivity contribution in [3.8, 4) is 11.3 Å². The number of amides is 2. The fourth-order valence-electron chi connectivity index (χ4n) is 4.12. The van der Waals surface area contributed by atoms with Gasteiger partial charge in [0.25, 0.3) is 0 Å². The number of unbranched alkanes of at least 4 members (excludes halogenated alkanes) is 2. The first kappa shape index (κ1) is 25.0. The third-order valence-corrected chi connectivity index (χ3v) is 6.11. The summed E-state index contributed by atoms with van der Waals surface area (Å²) in [5, 5.41) is 14.9. The van der Waals surface area contributed by atoms with E-state index in [0.29, 0.717) is 30.9 Å². The monoisotopic (exact) mass is 488 g/mol. The molecule has 0 radical (unpaired) electrons. The maximum absolute atomic E-state index is 12.8. The van der Waals surface area contributed by atoms with Crippen molar-refractivity contribution in [1.29, 1.82) is 0 Å². The molecule has 4 rings (SSSR count). The molecule has 1 unspecified atom stereocenters. The number of pyridine rings is 1. The Bertz CT molecular complexity index is 1310. The fourth-order valence-corrected chi connectivity index (χ4v) is 4.12. The number of aryl methyl sites for hydroxylation is 2. The van der Waals surface area contributed by atoms with E-state index in [2.05, 4.69) is 52.9 Å². The number of fused-ring (bicyclic) bond motifs is 1. The van der Waals surface area contributed by atoms with Gasteiger partial charge in [-0.05, 0) is 37.3 Å². The molecular formula is C26H32N8O2. The lowest BCUT2D eigenvalue weighted by atomic mass is 10.1. The molecule has 0 aliphatic rings. The van der Waals surface area contributed by atoms with E-state index in [0.717, 1.165) is 47.1 Å². The van der Waals surface area contributed by atoms with Gasteiger partial charge in [-0.15, -0.1) is 0 Å². The van der Waals surface area contributed by atoms with Gasteiger partial charge in [0.1, 0.15) is 11.6 Å². The Kier molecular flexibility index (Phi) is 8.38. The minimum atomic E-state index is -0.262. The molecular weight excluding hydrogens is 456 g/mol. The molecule has 4 aromatic rings. The summed E-state index contributed by atoms with van der Waals surface area (Å²) in [6, 6.07) is 7.90. The number of nitrogens with zero attached hydrogens (tertiary/aromatic N) is 4. The van der Waals surface area contributed by atoms with Crippen molar-refractivity contribution in [1.82, 2.24) is 40.8 Å². The van der Waals surface area contributed by atoms with Crippen LogP contribution in [0.15, 0.2) is 42.9 Å². The van der Waals surface area contributed by atoms with Gasteiger partial charge < -0.3 is 15.6 Å². The predicted molar refractivity (Wildman–Crippen MR) is 137 cm³/mol. The molecule has 0 fully saturated rings. The highest BCUT2D eigenvalue weighted by molar-refractivity contribution is 5.86. The van der Waals surface area contributed by atoms with Gasteiger partial charge in [-0.1, -0.05) is 25.0 Å². The Morgan fingerprint density at radius 3 is 2.72 bits per heavy atom. The molecule has 0 saturated carbocycles. The number of carbonyl (C=O) groups is 2. The lowest BCUT2D eigenvalue weighted by molar-refractivity contribution is -0.122. The minimum Gasteiger partial charge on any atom is -0.359 e. The minimum absolute atomic E-state index is 0.0447. The first-order valence-electron chi connectivity index (χ1n) is 12.3. The predicted octanol–water partition coefficient (Wildman–Crippen LogP) is 3.54. The Balaban J connectivity index is 1.43. The van der Waals surface area contributed by atoms with Crippen molar-refractivity contribution in [3.63, 3.8) is 0 Å². The molecule has 0 saturated heterocycles. The first-order valence-corrected chi connectivity index (χ1v) is 12.3. The van der Waals surface area contributed by atoms with Crippen LogP contribution in [0.2, 0.25) is 0 Å². The zero-order valence-electron chi connectivity index (χ0n) is 20.7. The van der Waals surface area contributed by atoms with Gasteiger partial charge in [0.2, 0.25) is 11.8 Å². The van der Waals surface area contributed by atoms with Crippen LogP contribution >= 0.6 is 0 Å². The standard InChI is InChI=1S/C26H32N8O2/c1-17-30-23(34-33-17)10-11-25(36)31-21(6-4-3-5-7-24(35)27-2)26-29-16-22(32-26)19-9-8-18-12-13-28-15-20(18)14-19/h8-9,12-16,21H,3-7,10-11H2,1-2H3,(H,27,35)(H,29,32)(H,31,36)(H,30,33,34). The maximum Gasteiger partial charge on any atom is 0.221 e. The van der Waals surface area contributed by atoms with Crippen LogP contribution in [0.3, 0.4) is 0 Å². The highest BCUT2D eigenvalue weighted by Crippen LogP contribution is 2.25. The number of H-pyrrole nitrogens is 2. The van der Waals surface area contributed by atoms with Crippen molar-refractivity contribution in [3.05, 3.63) is 60.3 Å². The van der Waals surface area contributed by atoms with Gasteiger partial charge in [0.05, 0.1) is 17.9 Å². The summed E-state index contributed by atoms with van der Waals surface area (Å²) in [4.78, 5) is 40.7. The molecule has 36 heavy (non-hydrogen) atoms. The Morgan fingerprint density at radius 1 is 1.03 bits per heavy atom. The lowest BCUT2D eigenvalue weighted by Gasteiger charge is -2.17. The number of imidazole rings is 1. The normalized spacial score (nSPS) is 11.9. The summed E-state index contributed by atoms with van der Waals surface area (Å²) >= 11 is 0. The summed E-state index contributed by atoms with van der Waals surface area (Å²) < 4.78 is 0. The number of rotatable bonds is 12. The van der Waals surface area contributed by atoms with Gasteiger partial charge in [-0.2, -0.15) is 5.10 Å². The topological polar surface area (TPSA) is 141 Å². The van der Waals surface area contributed by atoms with Crippen LogP contribution in [0.4, 0.5) is 0 Å². The van der Waals surface area contributed by atoms with Crippen LogP contribution in [-0.2, 0) is 16.0 Å². The number of hydrogen-bond donors (Lipinski definition) is 4. The third kappa shape index (κ3) is 6.74. The molecule has 1 aromatic carbocycles. The van der Waals surface area contributed by atoms with E-state index in [1.807, 2.05) is 25.3 Å². The smallest absolute Gasteiger partial charge is 0.221 e. The van der Waals surface area contributed by atoms with Gasteiger partial charge in [0, 0.05) is 49.7 Å². The van der Waals surface area contributed by atoms with Crippen LogP contribution in [0, 0.1) is 6.92 Å². The van der Waals surface area contributed by atoms with Crippen molar-refractivity contribution < 1.29 is 9.59 Å². The van der Waals surface area contributed by atoms with Crippen molar-refractivity contribution in [2.75, 3.05) is 7.05 Å². The van der Waals surface area contributed by atoms with Crippen molar-refractivity contribution >= 4 is 22.6 Å². The molecule has 3 heterocycles. The van der Waals surface area contributed by atoms with Crippen LogP contribution in [0.5, 0.6) is 0 Å². The average Bonchev–Trinajstić information content (AvgIpc) is 3.55. The zero-order chi connectivity index (χ0) is 25.3. The summed E-state index contributed by atoms with van der Waals surface area (Å²) in [5.41, 5.74) is 1.88. The number of benzene rings is 1. The molecule has 4 N–H and O–H groups in total. The summed E-state index contributed by atoms with van der Waals surface area (Å²) in [6.07, 6.45) is 9.95. The molecule has 0 bridgehead atoms. The van der Waals surface area contributed by atoms with Crippen molar-refractivity contribution in [2.24, 2.45) is 0 Å². The van der Waals surface area contributed by atoms with Crippen LogP contribution < -0.4 is 10.6 Å². The van der Waals surface area contributed by atoms with E-state index >= 15 is 0 Å². The zero-order valence-corrected chi connectivity index (χ0v) is 20.7. The van der Waals surface area contributed by atoms with E-state index < -0.39 is 0 Å². The van der Waals surface area contributed by atoms with Crippen LogP contribution in [0.1, 0.15) is 62.0 Å². The molecule has 1 atom stereocenters. The number of aromatic nitrogens is 6. The SMILES string of the molecule is CNC(=O)CCCCCC(NC(=O)CCc1n[nH]c(C)n1)c1ncc(-c2ccc3ccncc3c2)[nH]1. The number of aromatic amines is 2. The second-order valence-corrected chi connectivity index (χ2v) is 8.85. The highest BCUT2D eigenvalue weighted by atomic mass is 16.2. The van der Waals surface area contributed by atoms with Gasteiger partial charge in [-0.3, -0.25) is 19.7 Å². The number of hydrogen-bond acceptors (Lipinski definition) is 6. The van der Waals surface area contributed by atoms with E-state index in [-0.39, 0.29) is 24.3 Å². The fraction of sp³-hybridized carbons (Fsp3) is 0.385. The number of carbonyl (C=O) groups excluding carboxylic acids is 2. The first-order chi connectivity index (χ1) is 17.5. The molecule has 3 aromatic heterocycles. The molecule has 0 aliphatic heterocycles. The summed E-state index contributed by atoms with van der Waals surface area (Å²) in [6.45, 7) is 1.83. The quantitative estimate of drug-likeness (QED) is 0.225. The van der Waals surface area contributed by atoms with Gasteiger partial charge in [-0.25, -0.2) is 9.97 Å². The Labute approximate surface area is 209 Å². The largest absolute Gasteiger partial charge is 0.359 e. The highest BCUT2D eigenvalue weighted by Gasteiger charge is 2.19. The van der Waals surface area contributed by atoms with E-state index in [9.17, 15) is 9.59 Å². The third-order valence-electron chi connectivity index (χ3n) is 6.11. The van der Waals surface area contributed by atoms with E-state index in [1.54, 1.807) is 19.4 Å². The van der Waals surface area contributed by atoms with E-state index in [4.69, 9.17) is 0 Å². The molecule has 10 heteroatoms. The molecule has 0 spiro atoms. The molecule has 188 valence electrons. The molecule has 10 nitrogen and oxygen atoms in total. The second kappa shape index (κ2) is 12.1. The lowest BCUT2D eigenvalue weighted by Crippen LogP contribution is -2.29. The van der Waals surface area contributed by atoms with Crippen LogP contribution in [0.25, 0.3) is 22.0 Å². The molecule has 0 aliphatic carbocycles. The van der Waals surface area contributed by atoms with Crippen molar-refractivity contribution in [2.45, 2.75) is 57.9 Å². The maximum atomic E-state index is 12.8. The van der Waals surface area contributed by atoms with E-state index in [1.165, 1.54) is 0 Å². The Hall–Kier alpha value is -4.08. The second-order valence-electron chi connectivity index (χ2n) is 8.85. The van der Waals surface area contributed by atoms with Crippen LogP contribution in [-0.4, -0.2) is 49.0 Å². The number of nitrogens with one attached hydrogen (secondary N) is 4.